The van der Waals surface area contributed by atoms with Crippen molar-refractivity contribution in [1.82, 2.24) is 14.9 Å². The van der Waals surface area contributed by atoms with E-state index in [-0.39, 0.29) is 6.61 Å². The van der Waals surface area contributed by atoms with Gasteiger partial charge in [-0.05, 0) is 18.1 Å². The summed E-state index contributed by atoms with van der Waals surface area (Å²) >= 11 is 0. The van der Waals surface area contributed by atoms with Crippen LogP contribution in [0.4, 0.5) is 0 Å². The van der Waals surface area contributed by atoms with Crippen molar-refractivity contribution in [3.05, 3.63) is 53.6 Å². The number of aliphatic hydroxyl groups excluding tert-OH is 1. The van der Waals surface area contributed by atoms with E-state index in [2.05, 4.69) is 33.9 Å². The molecule has 0 unspecified atom stereocenters. The topological polar surface area (TPSA) is 61.4 Å². The second-order valence-electron chi connectivity index (χ2n) is 6.04. The maximum absolute atomic E-state index is 9.96. The van der Waals surface area contributed by atoms with Crippen molar-refractivity contribution in [2.75, 3.05) is 26.3 Å². The Balaban J connectivity index is 1.72. The molecule has 5 heteroatoms. The normalized spacial score (nSPS) is 22.8. The lowest BCUT2D eigenvalue weighted by Gasteiger charge is -2.42. The average Bonchev–Trinajstić information content (AvgIpc) is 3.03. The van der Waals surface area contributed by atoms with Gasteiger partial charge in [-0.25, -0.2) is 4.98 Å². The van der Waals surface area contributed by atoms with E-state index in [1.165, 1.54) is 11.1 Å². The highest BCUT2D eigenvalue weighted by molar-refractivity contribution is 5.27. The molecule has 0 aliphatic carbocycles. The summed E-state index contributed by atoms with van der Waals surface area (Å²) in [4.78, 5) is 9.70. The minimum atomic E-state index is -0.531. The lowest BCUT2D eigenvalue weighted by molar-refractivity contribution is -0.134. The molecule has 2 N–H and O–H groups in total. The minimum Gasteiger partial charge on any atom is -0.393 e. The predicted octanol–water partition coefficient (Wildman–Crippen LogP) is 1.52. The maximum atomic E-state index is 9.96. The summed E-state index contributed by atoms with van der Waals surface area (Å²) in [5, 5.41) is 9.96. The van der Waals surface area contributed by atoms with E-state index in [0.717, 1.165) is 25.3 Å². The number of hydrogen-bond donors (Lipinski definition) is 2. The Bertz CT molecular complexity index is 600. The van der Waals surface area contributed by atoms with E-state index in [1.807, 2.05) is 18.3 Å². The van der Waals surface area contributed by atoms with Gasteiger partial charge < -0.3 is 14.8 Å². The molecule has 1 atom stereocenters. The third-order valence-electron chi connectivity index (χ3n) is 4.32. The molecule has 5 nitrogen and oxygen atoms in total. The molecule has 2 heterocycles. The van der Waals surface area contributed by atoms with Crippen molar-refractivity contribution in [2.24, 2.45) is 0 Å². The lowest BCUT2D eigenvalue weighted by atomic mass is 9.91. The number of aromatic amines is 1. The minimum absolute atomic E-state index is 0.0238. The molecule has 1 aliphatic rings. The summed E-state index contributed by atoms with van der Waals surface area (Å²) < 4.78 is 6.00. The van der Waals surface area contributed by atoms with Gasteiger partial charge in [0.1, 0.15) is 11.4 Å². The van der Waals surface area contributed by atoms with E-state index >= 15 is 0 Å². The number of rotatable bonds is 5. The van der Waals surface area contributed by atoms with Gasteiger partial charge in [0, 0.05) is 31.9 Å². The van der Waals surface area contributed by atoms with Gasteiger partial charge in [0.25, 0.3) is 0 Å². The molecule has 0 saturated carbocycles. The molecule has 1 aromatic heterocycles. The first-order chi connectivity index (χ1) is 10.7. The van der Waals surface area contributed by atoms with Crippen LogP contribution in [-0.2, 0) is 17.7 Å². The van der Waals surface area contributed by atoms with E-state index < -0.39 is 5.60 Å². The van der Waals surface area contributed by atoms with Gasteiger partial charge >= 0.3 is 0 Å². The monoisotopic (exact) mass is 301 g/mol. The number of aryl methyl sites for hydroxylation is 1. The summed E-state index contributed by atoms with van der Waals surface area (Å²) in [5.41, 5.74) is 1.94. The first-order valence-corrected chi connectivity index (χ1v) is 7.71. The standard InChI is InChI=1S/C17H23N3O2/c1-14-4-2-3-5-15(14)10-17(13-21)12-20(8-9-22-17)11-16-18-6-7-19-16/h2-7,21H,8-13H2,1H3,(H,18,19)/t17-/m1/s1. The number of benzene rings is 1. The molecular formula is C17H23N3O2. The van der Waals surface area contributed by atoms with E-state index in [0.29, 0.717) is 13.2 Å². The summed E-state index contributed by atoms with van der Waals surface area (Å²) in [6, 6.07) is 8.29. The van der Waals surface area contributed by atoms with Crippen molar-refractivity contribution >= 4 is 0 Å². The van der Waals surface area contributed by atoms with Crippen LogP contribution in [0, 0.1) is 6.92 Å². The SMILES string of the molecule is Cc1ccccc1C[C@]1(CO)CN(Cc2ncc[nH]2)CCO1. The number of imidazole rings is 1. The third-order valence-corrected chi connectivity index (χ3v) is 4.32. The fraction of sp³-hybridized carbons (Fsp3) is 0.471. The van der Waals surface area contributed by atoms with Gasteiger partial charge in [-0.15, -0.1) is 0 Å². The number of ether oxygens (including phenoxy) is 1. The Kier molecular flexibility index (Phi) is 4.57. The number of hydrogen-bond acceptors (Lipinski definition) is 4. The average molecular weight is 301 g/mol. The quantitative estimate of drug-likeness (QED) is 0.879. The van der Waals surface area contributed by atoms with Crippen molar-refractivity contribution in [3.8, 4) is 0 Å². The number of H-pyrrole nitrogens is 1. The van der Waals surface area contributed by atoms with Gasteiger partial charge in [-0.2, -0.15) is 0 Å². The summed E-state index contributed by atoms with van der Waals surface area (Å²) in [6.45, 7) is 5.08. The van der Waals surface area contributed by atoms with Crippen molar-refractivity contribution in [2.45, 2.75) is 25.5 Å². The predicted molar refractivity (Wildman–Crippen MR) is 84.5 cm³/mol. The second kappa shape index (κ2) is 6.60. The fourth-order valence-electron chi connectivity index (χ4n) is 3.07. The van der Waals surface area contributed by atoms with Crippen LogP contribution in [-0.4, -0.2) is 51.9 Å². The van der Waals surface area contributed by atoms with Crippen LogP contribution in [0.5, 0.6) is 0 Å². The van der Waals surface area contributed by atoms with Gasteiger partial charge in [0.05, 0.1) is 19.8 Å². The van der Waals surface area contributed by atoms with Crippen LogP contribution in [0.3, 0.4) is 0 Å². The zero-order chi connectivity index (χ0) is 15.4. The van der Waals surface area contributed by atoms with Crippen LogP contribution < -0.4 is 0 Å². The molecule has 1 aliphatic heterocycles. The summed E-state index contributed by atoms with van der Waals surface area (Å²) in [6.07, 6.45) is 4.33. The molecule has 1 saturated heterocycles. The molecule has 22 heavy (non-hydrogen) atoms. The number of aliphatic hydroxyl groups is 1. The Labute approximate surface area is 130 Å². The first kappa shape index (κ1) is 15.2. The van der Waals surface area contributed by atoms with Crippen molar-refractivity contribution in [1.29, 1.82) is 0 Å². The maximum Gasteiger partial charge on any atom is 0.120 e. The smallest absolute Gasteiger partial charge is 0.120 e. The second-order valence-corrected chi connectivity index (χ2v) is 6.04. The van der Waals surface area contributed by atoms with Crippen LogP contribution in [0.15, 0.2) is 36.7 Å². The molecule has 0 radical (unpaired) electrons. The van der Waals surface area contributed by atoms with E-state index in [4.69, 9.17) is 4.74 Å². The number of nitrogens with one attached hydrogen (secondary N) is 1. The Morgan fingerprint density at radius 2 is 2.27 bits per heavy atom. The van der Waals surface area contributed by atoms with Gasteiger partial charge in [-0.3, -0.25) is 4.90 Å². The Morgan fingerprint density at radius 1 is 1.41 bits per heavy atom. The summed E-state index contributed by atoms with van der Waals surface area (Å²) in [5.74, 6) is 0.949. The molecule has 1 aromatic carbocycles. The largest absolute Gasteiger partial charge is 0.393 e. The first-order valence-electron chi connectivity index (χ1n) is 7.71. The highest BCUT2D eigenvalue weighted by Crippen LogP contribution is 2.25. The molecule has 0 spiro atoms. The number of nitrogens with zero attached hydrogens (tertiary/aromatic N) is 2. The highest BCUT2D eigenvalue weighted by atomic mass is 16.5. The molecular weight excluding hydrogens is 278 g/mol. The molecule has 0 bridgehead atoms. The van der Waals surface area contributed by atoms with Gasteiger partial charge in [-0.1, -0.05) is 24.3 Å². The Hall–Kier alpha value is -1.69. The van der Waals surface area contributed by atoms with Crippen LogP contribution in [0.25, 0.3) is 0 Å². The van der Waals surface area contributed by atoms with Gasteiger partial charge in [0.15, 0.2) is 0 Å². The van der Waals surface area contributed by atoms with E-state index in [9.17, 15) is 5.11 Å². The molecule has 0 amide bonds. The summed E-state index contributed by atoms with van der Waals surface area (Å²) in [7, 11) is 0. The van der Waals surface area contributed by atoms with Crippen LogP contribution in [0.2, 0.25) is 0 Å². The van der Waals surface area contributed by atoms with Crippen molar-refractivity contribution in [3.63, 3.8) is 0 Å². The van der Waals surface area contributed by atoms with Gasteiger partial charge in [0.2, 0.25) is 0 Å². The molecule has 1 fully saturated rings. The number of aromatic nitrogens is 2. The molecule has 118 valence electrons. The van der Waals surface area contributed by atoms with Crippen molar-refractivity contribution < 1.29 is 9.84 Å². The Morgan fingerprint density at radius 3 is 3.00 bits per heavy atom. The zero-order valence-electron chi connectivity index (χ0n) is 13.0. The fourth-order valence-corrected chi connectivity index (χ4v) is 3.07. The van der Waals surface area contributed by atoms with Crippen LogP contribution >= 0.6 is 0 Å². The number of morpholine rings is 1. The zero-order valence-corrected chi connectivity index (χ0v) is 13.0. The van der Waals surface area contributed by atoms with Crippen LogP contribution in [0.1, 0.15) is 17.0 Å². The lowest BCUT2D eigenvalue weighted by Crippen LogP contribution is -2.55. The highest BCUT2D eigenvalue weighted by Gasteiger charge is 2.36. The van der Waals surface area contributed by atoms with E-state index in [1.54, 1.807) is 6.20 Å². The molecule has 2 aromatic rings. The molecule has 3 rings (SSSR count). The third kappa shape index (κ3) is 3.38.